The molecule has 1 aromatic carbocycles. The SMILES string of the molecule is CC/C=C/NC(=O)N(C)c1ccccc1. The van der Waals surface area contributed by atoms with Crippen LogP contribution in [0.25, 0.3) is 0 Å². The number of para-hydroxylation sites is 1. The van der Waals surface area contributed by atoms with E-state index in [1.807, 2.05) is 43.3 Å². The molecule has 0 bridgehead atoms. The summed E-state index contributed by atoms with van der Waals surface area (Å²) < 4.78 is 0. The molecule has 0 radical (unpaired) electrons. The van der Waals surface area contributed by atoms with Crippen molar-refractivity contribution < 1.29 is 4.79 Å². The average Bonchev–Trinajstić information content (AvgIpc) is 2.29. The Hall–Kier alpha value is -1.77. The smallest absolute Gasteiger partial charge is 0.315 e. The average molecular weight is 204 g/mol. The molecule has 1 N–H and O–H groups in total. The number of amides is 2. The summed E-state index contributed by atoms with van der Waals surface area (Å²) in [4.78, 5) is 13.2. The molecular weight excluding hydrogens is 188 g/mol. The predicted molar refractivity (Wildman–Crippen MR) is 62.8 cm³/mol. The summed E-state index contributed by atoms with van der Waals surface area (Å²) in [5, 5.41) is 2.69. The fourth-order valence-corrected chi connectivity index (χ4v) is 1.11. The van der Waals surface area contributed by atoms with Crippen LogP contribution in [0, 0.1) is 0 Å². The number of anilines is 1. The summed E-state index contributed by atoms with van der Waals surface area (Å²) in [6.45, 7) is 2.02. The number of nitrogens with one attached hydrogen (secondary N) is 1. The normalized spacial score (nSPS) is 10.3. The molecule has 0 saturated heterocycles. The van der Waals surface area contributed by atoms with Crippen molar-refractivity contribution in [2.45, 2.75) is 13.3 Å². The van der Waals surface area contributed by atoms with Crippen LogP contribution < -0.4 is 10.2 Å². The van der Waals surface area contributed by atoms with Crippen LogP contribution in [0.2, 0.25) is 0 Å². The molecule has 0 heterocycles. The van der Waals surface area contributed by atoms with Crippen molar-refractivity contribution in [3.63, 3.8) is 0 Å². The highest BCUT2D eigenvalue weighted by Gasteiger charge is 2.07. The number of allylic oxidation sites excluding steroid dienone is 1. The Labute approximate surface area is 90.4 Å². The second-order valence-corrected chi connectivity index (χ2v) is 3.15. The van der Waals surface area contributed by atoms with Gasteiger partial charge in [0, 0.05) is 18.9 Å². The summed E-state index contributed by atoms with van der Waals surface area (Å²) in [7, 11) is 1.74. The molecule has 15 heavy (non-hydrogen) atoms. The van der Waals surface area contributed by atoms with E-state index in [0.29, 0.717) is 0 Å². The fourth-order valence-electron chi connectivity index (χ4n) is 1.11. The predicted octanol–water partition coefficient (Wildman–Crippen LogP) is 2.76. The lowest BCUT2D eigenvalue weighted by atomic mass is 10.3. The van der Waals surface area contributed by atoms with Crippen molar-refractivity contribution in [3.8, 4) is 0 Å². The maximum atomic E-state index is 11.6. The molecule has 0 aliphatic rings. The van der Waals surface area contributed by atoms with E-state index in [2.05, 4.69) is 5.32 Å². The van der Waals surface area contributed by atoms with Crippen LogP contribution in [0.15, 0.2) is 42.6 Å². The van der Waals surface area contributed by atoms with Crippen LogP contribution in [0.3, 0.4) is 0 Å². The molecule has 1 rings (SSSR count). The van der Waals surface area contributed by atoms with Crippen LogP contribution in [0.5, 0.6) is 0 Å². The van der Waals surface area contributed by atoms with Crippen LogP contribution >= 0.6 is 0 Å². The largest absolute Gasteiger partial charge is 0.325 e. The van der Waals surface area contributed by atoms with Gasteiger partial charge in [-0.2, -0.15) is 0 Å². The van der Waals surface area contributed by atoms with E-state index in [0.717, 1.165) is 12.1 Å². The van der Waals surface area contributed by atoms with Crippen LogP contribution in [0.1, 0.15) is 13.3 Å². The zero-order chi connectivity index (χ0) is 11.1. The summed E-state index contributed by atoms with van der Waals surface area (Å²) in [5.74, 6) is 0. The van der Waals surface area contributed by atoms with E-state index in [4.69, 9.17) is 0 Å². The van der Waals surface area contributed by atoms with Gasteiger partial charge in [0.15, 0.2) is 0 Å². The Morgan fingerprint density at radius 1 is 1.40 bits per heavy atom. The number of carbonyl (C=O) groups is 1. The molecule has 2 amide bonds. The van der Waals surface area contributed by atoms with E-state index in [9.17, 15) is 4.79 Å². The Kier molecular flexibility index (Phi) is 4.41. The fraction of sp³-hybridized carbons (Fsp3) is 0.250. The van der Waals surface area contributed by atoms with Gasteiger partial charge in [-0.15, -0.1) is 0 Å². The third kappa shape index (κ3) is 3.46. The Morgan fingerprint density at radius 2 is 2.07 bits per heavy atom. The molecule has 3 nitrogen and oxygen atoms in total. The lowest BCUT2D eigenvalue weighted by Gasteiger charge is -2.16. The number of urea groups is 1. The van der Waals surface area contributed by atoms with Crippen molar-refractivity contribution >= 4 is 11.7 Å². The quantitative estimate of drug-likeness (QED) is 0.806. The maximum absolute atomic E-state index is 11.6. The first-order valence-corrected chi connectivity index (χ1v) is 5.00. The number of benzene rings is 1. The first-order chi connectivity index (χ1) is 7.25. The van der Waals surface area contributed by atoms with Gasteiger partial charge in [0.25, 0.3) is 0 Å². The second-order valence-electron chi connectivity index (χ2n) is 3.15. The highest BCUT2D eigenvalue weighted by Crippen LogP contribution is 2.10. The van der Waals surface area contributed by atoms with E-state index in [-0.39, 0.29) is 6.03 Å². The highest BCUT2D eigenvalue weighted by molar-refractivity contribution is 5.91. The zero-order valence-corrected chi connectivity index (χ0v) is 9.10. The van der Waals surface area contributed by atoms with Crippen molar-refractivity contribution in [3.05, 3.63) is 42.6 Å². The maximum Gasteiger partial charge on any atom is 0.325 e. The van der Waals surface area contributed by atoms with E-state index in [1.54, 1.807) is 18.1 Å². The summed E-state index contributed by atoms with van der Waals surface area (Å²) in [6, 6.07) is 9.38. The van der Waals surface area contributed by atoms with E-state index < -0.39 is 0 Å². The topological polar surface area (TPSA) is 32.3 Å². The molecule has 0 atom stereocenters. The summed E-state index contributed by atoms with van der Waals surface area (Å²) in [6.07, 6.45) is 4.48. The van der Waals surface area contributed by atoms with Gasteiger partial charge in [0.05, 0.1) is 0 Å². The van der Waals surface area contributed by atoms with Crippen LogP contribution in [-0.2, 0) is 0 Å². The Morgan fingerprint density at radius 3 is 2.67 bits per heavy atom. The minimum atomic E-state index is -0.133. The van der Waals surface area contributed by atoms with Gasteiger partial charge in [-0.25, -0.2) is 4.79 Å². The lowest BCUT2D eigenvalue weighted by Crippen LogP contribution is -2.34. The minimum Gasteiger partial charge on any atom is -0.315 e. The molecular formula is C12H16N2O. The van der Waals surface area contributed by atoms with Gasteiger partial charge >= 0.3 is 6.03 Å². The number of carbonyl (C=O) groups excluding carboxylic acids is 1. The lowest BCUT2D eigenvalue weighted by molar-refractivity contribution is 0.250. The van der Waals surface area contributed by atoms with Crippen molar-refractivity contribution in [1.29, 1.82) is 0 Å². The van der Waals surface area contributed by atoms with Crippen molar-refractivity contribution in [2.75, 3.05) is 11.9 Å². The first-order valence-electron chi connectivity index (χ1n) is 5.00. The third-order valence-electron chi connectivity index (χ3n) is 2.01. The van der Waals surface area contributed by atoms with Crippen LogP contribution in [-0.4, -0.2) is 13.1 Å². The molecule has 1 aromatic rings. The van der Waals surface area contributed by atoms with Gasteiger partial charge < -0.3 is 5.32 Å². The highest BCUT2D eigenvalue weighted by atomic mass is 16.2. The standard InChI is InChI=1S/C12H16N2O/c1-3-4-10-13-12(15)14(2)11-8-6-5-7-9-11/h4-10H,3H2,1-2H3,(H,13,15)/b10-4+. The van der Waals surface area contributed by atoms with E-state index >= 15 is 0 Å². The molecule has 0 fully saturated rings. The van der Waals surface area contributed by atoms with Gasteiger partial charge in [-0.3, -0.25) is 4.90 Å². The molecule has 0 aliphatic carbocycles. The number of hydrogen-bond acceptors (Lipinski definition) is 1. The summed E-state index contributed by atoms with van der Waals surface area (Å²) in [5.41, 5.74) is 0.875. The zero-order valence-electron chi connectivity index (χ0n) is 9.10. The number of nitrogens with zero attached hydrogens (tertiary/aromatic N) is 1. The number of hydrogen-bond donors (Lipinski definition) is 1. The minimum absolute atomic E-state index is 0.133. The Balaban J connectivity index is 2.57. The van der Waals surface area contributed by atoms with Crippen molar-refractivity contribution in [1.82, 2.24) is 5.32 Å². The molecule has 0 unspecified atom stereocenters. The Bertz CT molecular complexity index is 333. The molecule has 0 saturated carbocycles. The molecule has 0 aliphatic heterocycles. The molecule has 80 valence electrons. The van der Waals surface area contributed by atoms with Gasteiger partial charge in [-0.1, -0.05) is 31.2 Å². The molecule has 3 heteroatoms. The van der Waals surface area contributed by atoms with Gasteiger partial charge in [0.1, 0.15) is 0 Å². The monoisotopic (exact) mass is 204 g/mol. The molecule has 0 spiro atoms. The van der Waals surface area contributed by atoms with Gasteiger partial charge in [0.2, 0.25) is 0 Å². The third-order valence-corrected chi connectivity index (χ3v) is 2.01. The van der Waals surface area contributed by atoms with Crippen molar-refractivity contribution in [2.24, 2.45) is 0 Å². The number of rotatable bonds is 3. The first kappa shape index (κ1) is 11.3. The van der Waals surface area contributed by atoms with Crippen LogP contribution in [0.4, 0.5) is 10.5 Å². The van der Waals surface area contributed by atoms with Gasteiger partial charge in [-0.05, 0) is 18.6 Å². The summed E-state index contributed by atoms with van der Waals surface area (Å²) >= 11 is 0. The molecule has 0 aromatic heterocycles. The van der Waals surface area contributed by atoms with E-state index in [1.165, 1.54) is 0 Å². The second kappa shape index (κ2) is 5.86.